The normalized spacial score (nSPS) is 11.9. The highest BCUT2D eigenvalue weighted by atomic mass is 16.6. The minimum absolute atomic E-state index is 0.0112. The van der Waals surface area contributed by atoms with Crippen molar-refractivity contribution in [3.05, 3.63) is 33.9 Å². The van der Waals surface area contributed by atoms with Crippen LogP contribution < -0.4 is 10.6 Å². The van der Waals surface area contributed by atoms with Crippen LogP contribution in [0.15, 0.2) is 18.2 Å². The lowest BCUT2D eigenvalue weighted by Gasteiger charge is -2.12. The predicted octanol–water partition coefficient (Wildman–Crippen LogP) is 2.09. The second-order valence-electron chi connectivity index (χ2n) is 4.46. The maximum absolute atomic E-state index is 11.9. The van der Waals surface area contributed by atoms with Crippen LogP contribution in [0.3, 0.4) is 0 Å². The van der Waals surface area contributed by atoms with E-state index >= 15 is 0 Å². The van der Waals surface area contributed by atoms with Gasteiger partial charge in [-0.25, -0.2) is 0 Å². The zero-order valence-corrected chi connectivity index (χ0v) is 11.4. The number of hydrogen-bond acceptors (Lipinski definition) is 4. The van der Waals surface area contributed by atoms with Gasteiger partial charge in [0.2, 0.25) is 5.91 Å². The summed E-state index contributed by atoms with van der Waals surface area (Å²) >= 11 is 0. The van der Waals surface area contributed by atoms with Crippen molar-refractivity contribution in [2.45, 2.75) is 20.8 Å². The van der Waals surface area contributed by atoms with E-state index in [1.165, 1.54) is 6.07 Å². The molecule has 2 N–H and O–H groups in total. The molecule has 0 aliphatic rings. The predicted molar refractivity (Wildman–Crippen MR) is 74.2 cm³/mol. The van der Waals surface area contributed by atoms with Gasteiger partial charge in [0.1, 0.15) is 0 Å². The number of anilines is 1. The third-order valence-electron chi connectivity index (χ3n) is 2.82. The summed E-state index contributed by atoms with van der Waals surface area (Å²) < 4.78 is 0. The van der Waals surface area contributed by atoms with Crippen molar-refractivity contribution >= 4 is 17.3 Å². The number of rotatable bonds is 6. The molecule has 0 aromatic heterocycles. The molecular weight excluding hydrogens is 246 g/mol. The maximum atomic E-state index is 11.9. The van der Waals surface area contributed by atoms with Crippen molar-refractivity contribution < 1.29 is 9.72 Å². The number of nitro groups is 1. The molecule has 1 unspecified atom stereocenters. The van der Waals surface area contributed by atoms with Gasteiger partial charge in [0.15, 0.2) is 0 Å². The first kappa shape index (κ1) is 15.1. The Balaban J connectivity index is 2.74. The molecule has 1 rings (SSSR count). The second-order valence-corrected chi connectivity index (χ2v) is 4.46. The number of aryl methyl sites for hydroxylation is 1. The molecule has 104 valence electrons. The zero-order chi connectivity index (χ0) is 14.4. The van der Waals surface area contributed by atoms with E-state index in [4.69, 9.17) is 0 Å². The monoisotopic (exact) mass is 265 g/mol. The van der Waals surface area contributed by atoms with E-state index in [-0.39, 0.29) is 17.5 Å². The lowest BCUT2D eigenvalue weighted by molar-refractivity contribution is -0.385. The molecule has 0 saturated heterocycles. The Morgan fingerprint density at radius 1 is 1.47 bits per heavy atom. The zero-order valence-electron chi connectivity index (χ0n) is 11.4. The average molecular weight is 265 g/mol. The molecule has 0 aliphatic heterocycles. The van der Waals surface area contributed by atoms with Crippen molar-refractivity contribution in [1.29, 1.82) is 0 Å². The van der Waals surface area contributed by atoms with E-state index in [2.05, 4.69) is 10.6 Å². The molecule has 0 bridgehead atoms. The summed E-state index contributed by atoms with van der Waals surface area (Å²) in [7, 11) is 0. The van der Waals surface area contributed by atoms with Crippen molar-refractivity contribution in [2.24, 2.45) is 5.92 Å². The van der Waals surface area contributed by atoms with Gasteiger partial charge in [-0.2, -0.15) is 0 Å². The van der Waals surface area contributed by atoms with Crippen LogP contribution in [0.1, 0.15) is 19.4 Å². The average Bonchev–Trinajstić information content (AvgIpc) is 2.37. The maximum Gasteiger partial charge on any atom is 0.274 e. The first-order chi connectivity index (χ1) is 8.95. The van der Waals surface area contributed by atoms with Crippen LogP contribution in [0.2, 0.25) is 0 Å². The number of carbonyl (C=O) groups excluding carboxylic acids is 1. The Kier molecular flexibility index (Phi) is 5.44. The number of amides is 1. The van der Waals surface area contributed by atoms with Crippen LogP contribution in [-0.4, -0.2) is 23.9 Å². The van der Waals surface area contributed by atoms with Crippen molar-refractivity contribution in [1.82, 2.24) is 5.32 Å². The van der Waals surface area contributed by atoms with Crippen LogP contribution in [0.4, 0.5) is 11.4 Å². The molecule has 1 aromatic carbocycles. The Morgan fingerprint density at radius 3 is 2.74 bits per heavy atom. The van der Waals surface area contributed by atoms with Gasteiger partial charge in [0.05, 0.1) is 4.92 Å². The van der Waals surface area contributed by atoms with Gasteiger partial charge in [-0.3, -0.25) is 14.9 Å². The number of carbonyl (C=O) groups is 1. The lowest BCUT2D eigenvalue weighted by atomic mass is 10.1. The fraction of sp³-hybridized carbons (Fsp3) is 0.462. The first-order valence-electron chi connectivity index (χ1n) is 6.22. The second kappa shape index (κ2) is 6.84. The van der Waals surface area contributed by atoms with Gasteiger partial charge in [0, 0.05) is 29.8 Å². The third kappa shape index (κ3) is 4.33. The fourth-order valence-corrected chi connectivity index (χ4v) is 1.60. The molecular formula is C13H19N3O3. The molecule has 6 nitrogen and oxygen atoms in total. The summed E-state index contributed by atoms with van der Waals surface area (Å²) in [4.78, 5) is 22.2. The fourth-order valence-electron chi connectivity index (χ4n) is 1.60. The van der Waals surface area contributed by atoms with Crippen molar-refractivity contribution in [2.75, 3.05) is 18.4 Å². The molecule has 6 heteroatoms. The standard InChI is InChI=1S/C13H19N3O3/c1-4-14-8-10(3)13(17)15-11-6-5-9(2)12(7-11)16(18)19/h5-7,10,14H,4,8H2,1-3H3,(H,15,17). The quantitative estimate of drug-likeness (QED) is 0.609. The van der Waals surface area contributed by atoms with E-state index in [0.29, 0.717) is 17.8 Å². The van der Waals surface area contributed by atoms with Crippen LogP contribution in [0.25, 0.3) is 0 Å². The molecule has 0 spiro atoms. The van der Waals surface area contributed by atoms with Crippen LogP contribution in [-0.2, 0) is 4.79 Å². The molecule has 0 aliphatic carbocycles. The van der Waals surface area contributed by atoms with Gasteiger partial charge in [-0.05, 0) is 19.5 Å². The molecule has 0 radical (unpaired) electrons. The highest BCUT2D eigenvalue weighted by molar-refractivity contribution is 5.92. The SMILES string of the molecule is CCNCC(C)C(=O)Nc1ccc(C)c([N+](=O)[O-])c1. The van der Waals surface area contributed by atoms with E-state index in [0.717, 1.165) is 6.54 Å². The van der Waals surface area contributed by atoms with Crippen molar-refractivity contribution in [3.63, 3.8) is 0 Å². The largest absolute Gasteiger partial charge is 0.326 e. The van der Waals surface area contributed by atoms with Crippen molar-refractivity contribution in [3.8, 4) is 0 Å². The number of nitrogens with zero attached hydrogens (tertiary/aromatic N) is 1. The summed E-state index contributed by atoms with van der Waals surface area (Å²) in [5, 5.41) is 16.6. The van der Waals surface area contributed by atoms with Gasteiger partial charge >= 0.3 is 0 Å². The molecule has 1 aromatic rings. The van der Waals surface area contributed by atoms with Gasteiger partial charge < -0.3 is 10.6 Å². The smallest absolute Gasteiger partial charge is 0.274 e. The molecule has 19 heavy (non-hydrogen) atoms. The topological polar surface area (TPSA) is 84.3 Å². The van der Waals surface area contributed by atoms with Gasteiger partial charge in [-0.1, -0.05) is 19.9 Å². The molecule has 0 saturated carbocycles. The van der Waals surface area contributed by atoms with E-state index in [1.54, 1.807) is 26.0 Å². The first-order valence-corrected chi connectivity index (χ1v) is 6.22. The molecule has 1 amide bonds. The van der Waals surface area contributed by atoms with Crippen LogP contribution >= 0.6 is 0 Å². The Labute approximate surface area is 112 Å². The van der Waals surface area contributed by atoms with E-state index in [1.807, 2.05) is 6.92 Å². The molecule has 0 heterocycles. The summed E-state index contributed by atoms with van der Waals surface area (Å²) in [6, 6.07) is 4.68. The molecule has 1 atom stereocenters. The Hall–Kier alpha value is -1.95. The summed E-state index contributed by atoms with van der Waals surface area (Å²) in [5.74, 6) is -0.348. The third-order valence-corrected chi connectivity index (χ3v) is 2.82. The molecule has 0 fully saturated rings. The Bertz CT molecular complexity index is 474. The summed E-state index contributed by atoms with van der Waals surface area (Å²) in [5.41, 5.74) is 1.03. The van der Waals surface area contributed by atoms with E-state index < -0.39 is 4.92 Å². The van der Waals surface area contributed by atoms with Crippen LogP contribution in [0.5, 0.6) is 0 Å². The Morgan fingerprint density at radius 2 is 2.16 bits per heavy atom. The number of benzene rings is 1. The summed E-state index contributed by atoms with van der Waals surface area (Å²) in [6.45, 7) is 6.82. The van der Waals surface area contributed by atoms with Gasteiger partial charge in [-0.15, -0.1) is 0 Å². The lowest BCUT2D eigenvalue weighted by Crippen LogP contribution is -2.30. The van der Waals surface area contributed by atoms with E-state index in [9.17, 15) is 14.9 Å². The highest BCUT2D eigenvalue weighted by Gasteiger charge is 2.15. The van der Waals surface area contributed by atoms with Gasteiger partial charge in [0.25, 0.3) is 5.69 Å². The number of hydrogen-bond donors (Lipinski definition) is 2. The summed E-state index contributed by atoms with van der Waals surface area (Å²) in [6.07, 6.45) is 0. The minimum atomic E-state index is -0.451. The highest BCUT2D eigenvalue weighted by Crippen LogP contribution is 2.22. The van der Waals surface area contributed by atoms with Crippen LogP contribution in [0, 0.1) is 23.0 Å². The number of nitro benzene ring substituents is 1. The minimum Gasteiger partial charge on any atom is -0.326 e. The number of nitrogens with one attached hydrogen (secondary N) is 2.